The summed E-state index contributed by atoms with van der Waals surface area (Å²) in [4.78, 5) is 17.2. The molecule has 3 rings (SSSR count). The molecule has 0 N–H and O–H groups in total. The molecule has 0 atom stereocenters. The lowest BCUT2D eigenvalue weighted by molar-refractivity contribution is 0.0993. The average molecular weight is 272 g/mol. The number of imidazole rings is 1. The highest BCUT2D eigenvalue weighted by molar-refractivity contribution is 7.07. The average Bonchev–Trinajstić information content (AvgIpc) is 3.05. The molecule has 96 valence electrons. The Hall–Kier alpha value is -2.08. The highest BCUT2D eigenvalue weighted by Gasteiger charge is 2.15. The van der Waals surface area contributed by atoms with Crippen molar-refractivity contribution >= 4 is 28.3 Å². The summed E-state index contributed by atoms with van der Waals surface area (Å²) in [7, 11) is 0. The van der Waals surface area contributed by atoms with Crippen molar-refractivity contribution < 1.29 is 4.79 Å². The van der Waals surface area contributed by atoms with Gasteiger partial charge in [0.2, 0.25) is 0 Å². The zero-order chi connectivity index (χ0) is 13.2. The molecule has 0 spiro atoms. The SMILES string of the molecule is CCn1c(CC(=O)c2cnns2)nc2ccccc21. The molecule has 0 bridgehead atoms. The Morgan fingerprint density at radius 1 is 1.37 bits per heavy atom. The summed E-state index contributed by atoms with van der Waals surface area (Å²) < 4.78 is 5.78. The summed E-state index contributed by atoms with van der Waals surface area (Å²) in [5.41, 5.74) is 1.99. The van der Waals surface area contributed by atoms with Crippen LogP contribution in [0.25, 0.3) is 11.0 Å². The smallest absolute Gasteiger partial charge is 0.183 e. The molecule has 0 radical (unpaired) electrons. The zero-order valence-electron chi connectivity index (χ0n) is 10.4. The van der Waals surface area contributed by atoms with Gasteiger partial charge in [-0.25, -0.2) is 4.98 Å². The number of carbonyl (C=O) groups excluding carboxylic acids is 1. The molecule has 3 aromatic rings. The first-order chi connectivity index (χ1) is 9.29. The van der Waals surface area contributed by atoms with Crippen LogP contribution >= 0.6 is 11.5 Å². The minimum atomic E-state index is 0.0139. The van der Waals surface area contributed by atoms with Gasteiger partial charge in [-0.05, 0) is 30.6 Å². The minimum Gasteiger partial charge on any atom is -0.328 e. The maximum Gasteiger partial charge on any atom is 0.183 e. The summed E-state index contributed by atoms with van der Waals surface area (Å²) in [6.07, 6.45) is 1.79. The maximum absolute atomic E-state index is 12.1. The van der Waals surface area contributed by atoms with E-state index < -0.39 is 0 Å². The van der Waals surface area contributed by atoms with Crippen LogP contribution in [-0.2, 0) is 13.0 Å². The molecule has 2 aromatic heterocycles. The summed E-state index contributed by atoms with van der Waals surface area (Å²) in [6.45, 7) is 2.85. The highest BCUT2D eigenvalue weighted by Crippen LogP contribution is 2.17. The van der Waals surface area contributed by atoms with Crippen molar-refractivity contribution in [2.75, 3.05) is 0 Å². The molecule has 0 aliphatic heterocycles. The van der Waals surface area contributed by atoms with Crippen molar-refractivity contribution in [1.82, 2.24) is 19.1 Å². The van der Waals surface area contributed by atoms with Crippen LogP contribution in [0.5, 0.6) is 0 Å². The second-order valence-electron chi connectivity index (χ2n) is 4.14. The van der Waals surface area contributed by atoms with Gasteiger partial charge < -0.3 is 4.57 Å². The van der Waals surface area contributed by atoms with Gasteiger partial charge in [0.15, 0.2) is 5.78 Å². The van der Waals surface area contributed by atoms with Crippen molar-refractivity contribution in [2.45, 2.75) is 19.9 Å². The van der Waals surface area contributed by atoms with Crippen molar-refractivity contribution in [3.8, 4) is 0 Å². The number of rotatable bonds is 4. The van der Waals surface area contributed by atoms with E-state index >= 15 is 0 Å². The molecule has 0 unspecified atom stereocenters. The van der Waals surface area contributed by atoms with E-state index in [9.17, 15) is 4.79 Å². The molecule has 0 aliphatic rings. The van der Waals surface area contributed by atoms with E-state index in [0.717, 1.165) is 34.9 Å². The number of benzene rings is 1. The summed E-state index contributed by atoms with van der Waals surface area (Å²) >= 11 is 1.12. The van der Waals surface area contributed by atoms with Crippen molar-refractivity contribution in [3.05, 3.63) is 41.2 Å². The lowest BCUT2D eigenvalue weighted by Crippen LogP contribution is -2.08. The quantitative estimate of drug-likeness (QED) is 0.684. The molecule has 19 heavy (non-hydrogen) atoms. The van der Waals surface area contributed by atoms with E-state index in [1.54, 1.807) is 0 Å². The number of para-hydroxylation sites is 2. The third-order valence-electron chi connectivity index (χ3n) is 3.00. The summed E-state index contributed by atoms with van der Waals surface area (Å²) in [6, 6.07) is 7.92. The minimum absolute atomic E-state index is 0.0139. The van der Waals surface area contributed by atoms with Gasteiger partial charge in [0.05, 0.1) is 23.7 Å². The first kappa shape index (κ1) is 12.0. The first-order valence-corrected chi connectivity index (χ1v) is 6.81. The number of hydrogen-bond donors (Lipinski definition) is 0. The zero-order valence-corrected chi connectivity index (χ0v) is 11.2. The van der Waals surface area contributed by atoms with Gasteiger partial charge in [0.1, 0.15) is 10.7 Å². The van der Waals surface area contributed by atoms with Crippen LogP contribution < -0.4 is 0 Å². The third-order valence-corrected chi connectivity index (χ3v) is 3.71. The van der Waals surface area contributed by atoms with Gasteiger partial charge in [-0.15, -0.1) is 5.10 Å². The fourth-order valence-corrected chi connectivity index (χ4v) is 2.58. The molecule has 0 amide bonds. The van der Waals surface area contributed by atoms with Gasteiger partial charge in [-0.1, -0.05) is 16.6 Å². The van der Waals surface area contributed by atoms with Gasteiger partial charge in [0, 0.05) is 6.54 Å². The standard InChI is InChI=1S/C13H12N4OS/c1-2-17-10-6-4-3-5-9(10)15-13(17)7-11(18)12-8-14-16-19-12/h3-6,8H,2,7H2,1H3. The molecule has 6 heteroatoms. The van der Waals surface area contributed by atoms with Crippen LogP contribution in [0.2, 0.25) is 0 Å². The highest BCUT2D eigenvalue weighted by atomic mass is 32.1. The molecule has 5 nitrogen and oxygen atoms in total. The number of hydrogen-bond acceptors (Lipinski definition) is 5. The topological polar surface area (TPSA) is 60.7 Å². The fraction of sp³-hybridized carbons (Fsp3) is 0.231. The lowest BCUT2D eigenvalue weighted by atomic mass is 10.2. The van der Waals surface area contributed by atoms with E-state index in [4.69, 9.17) is 0 Å². The second-order valence-corrected chi connectivity index (χ2v) is 4.93. The normalized spacial score (nSPS) is 11.0. The van der Waals surface area contributed by atoms with Crippen LogP contribution in [0.1, 0.15) is 22.4 Å². The maximum atomic E-state index is 12.1. The Labute approximate surface area is 114 Å². The predicted octanol–water partition coefficient (Wildman–Crippen LogP) is 2.33. The molecular weight excluding hydrogens is 260 g/mol. The van der Waals surface area contributed by atoms with Crippen LogP contribution in [0.15, 0.2) is 30.5 Å². The second kappa shape index (κ2) is 4.89. The molecule has 1 aromatic carbocycles. The van der Waals surface area contributed by atoms with E-state index in [-0.39, 0.29) is 12.2 Å². The van der Waals surface area contributed by atoms with Gasteiger partial charge in [-0.2, -0.15) is 0 Å². The van der Waals surface area contributed by atoms with Crippen LogP contribution in [0, 0.1) is 0 Å². The van der Waals surface area contributed by atoms with Crippen molar-refractivity contribution in [3.63, 3.8) is 0 Å². The van der Waals surface area contributed by atoms with Crippen molar-refractivity contribution in [1.29, 1.82) is 0 Å². The Bertz CT molecular complexity index is 717. The molecule has 0 fully saturated rings. The van der Waals surface area contributed by atoms with Crippen molar-refractivity contribution in [2.24, 2.45) is 0 Å². The summed E-state index contributed by atoms with van der Waals surface area (Å²) in [5.74, 6) is 0.808. The number of fused-ring (bicyclic) bond motifs is 1. The van der Waals surface area contributed by atoms with Crippen LogP contribution in [-0.4, -0.2) is 24.9 Å². The molecule has 0 aliphatic carbocycles. The lowest BCUT2D eigenvalue weighted by Gasteiger charge is -2.04. The van der Waals surface area contributed by atoms with Gasteiger partial charge >= 0.3 is 0 Å². The van der Waals surface area contributed by atoms with E-state index in [1.165, 1.54) is 6.20 Å². The van der Waals surface area contributed by atoms with E-state index in [0.29, 0.717) is 4.88 Å². The van der Waals surface area contributed by atoms with Crippen LogP contribution in [0.3, 0.4) is 0 Å². The number of ketones is 1. The molecular formula is C13H12N4OS. The molecule has 0 saturated heterocycles. The van der Waals surface area contributed by atoms with E-state index in [2.05, 4.69) is 26.1 Å². The predicted molar refractivity (Wildman–Crippen MR) is 73.4 cm³/mol. The molecule has 2 heterocycles. The first-order valence-electron chi connectivity index (χ1n) is 6.04. The van der Waals surface area contributed by atoms with Crippen LogP contribution in [0.4, 0.5) is 0 Å². The Morgan fingerprint density at radius 2 is 2.21 bits per heavy atom. The number of Topliss-reactive ketones (excluding diaryl/α,β-unsaturated/α-hetero) is 1. The number of carbonyl (C=O) groups is 1. The molecule has 0 saturated carbocycles. The van der Waals surface area contributed by atoms with Gasteiger partial charge in [-0.3, -0.25) is 4.79 Å². The number of aryl methyl sites for hydroxylation is 1. The van der Waals surface area contributed by atoms with E-state index in [1.807, 2.05) is 24.3 Å². The largest absolute Gasteiger partial charge is 0.328 e. The Morgan fingerprint density at radius 3 is 2.95 bits per heavy atom. The summed E-state index contributed by atoms with van der Waals surface area (Å²) in [5, 5.41) is 3.69. The number of nitrogens with zero attached hydrogens (tertiary/aromatic N) is 4. The van der Waals surface area contributed by atoms with Gasteiger partial charge in [0.25, 0.3) is 0 Å². The fourth-order valence-electron chi connectivity index (χ4n) is 2.13. The third kappa shape index (κ3) is 2.15. The monoisotopic (exact) mass is 272 g/mol. The number of aromatic nitrogens is 4. The Balaban J connectivity index is 1.99. The Kier molecular flexibility index (Phi) is 3.08.